The zero-order valence-electron chi connectivity index (χ0n) is 11.9. The van der Waals surface area contributed by atoms with Crippen molar-refractivity contribution in [3.05, 3.63) is 54.0 Å². The van der Waals surface area contributed by atoms with E-state index >= 15 is 0 Å². The molecule has 0 aliphatic carbocycles. The van der Waals surface area contributed by atoms with Gasteiger partial charge in [0.1, 0.15) is 11.6 Å². The maximum absolute atomic E-state index is 11.8. The Morgan fingerprint density at radius 1 is 1.36 bits per heavy atom. The highest BCUT2D eigenvalue weighted by atomic mass is 16.5. The molecule has 0 saturated carbocycles. The number of carbonyl (C=O) groups is 1. The van der Waals surface area contributed by atoms with Crippen LogP contribution in [0.4, 0.5) is 0 Å². The second kappa shape index (κ2) is 5.66. The lowest BCUT2D eigenvalue weighted by atomic mass is 10.1. The fourth-order valence-corrected chi connectivity index (χ4v) is 2.14. The summed E-state index contributed by atoms with van der Waals surface area (Å²) in [5, 5.41) is 13.1. The van der Waals surface area contributed by atoms with E-state index in [0.717, 1.165) is 11.1 Å². The molecule has 0 bridgehead atoms. The smallest absolute Gasteiger partial charge is 0.338 e. The van der Waals surface area contributed by atoms with Gasteiger partial charge >= 0.3 is 5.97 Å². The SMILES string of the molecule is CCOC(=O)c1cccc(-c2cnc3c(C#N)cnn3c2)c1. The lowest BCUT2D eigenvalue weighted by Crippen LogP contribution is -2.04. The van der Waals surface area contributed by atoms with Crippen LogP contribution in [0.15, 0.2) is 42.9 Å². The molecule has 3 aromatic rings. The maximum Gasteiger partial charge on any atom is 0.338 e. The van der Waals surface area contributed by atoms with Crippen LogP contribution in [0.2, 0.25) is 0 Å². The quantitative estimate of drug-likeness (QED) is 0.693. The molecule has 1 aromatic carbocycles. The minimum atomic E-state index is -0.357. The molecule has 2 heterocycles. The van der Waals surface area contributed by atoms with E-state index in [1.807, 2.05) is 12.1 Å². The summed E-state index contributed by atoms with van der Waals surface area (Å²) in [5.74, 6) is -0.357. The first-order chi connectivity index (χ1) is 10.7. The Kier molecular flexibility index (Phi) is 3.54. The minimum absolute atomic E-state index is 0.334. The van der Waals surface area contributed by atoms with E-state index in [9.17, 15) is 4.79 Å². The largest absolute Gasteiger partial charge is 0.462 e. The van der Waals surface area contributed by atoms with E-state index in [4.69, 9.17) is 10.00 Å². The molecule has 0 N–H and O–H groups in total. The van der Waals surface area contributed by atoms with Crippen LogP contribution in [0.5, 0.6) is 0 Å². The average Bonchev–Trinajstić information content (AvgIpc) is 2.97. The summed E-state index contributed by atoms with van der Waals surface area (Å²) in [6, 6.07) is 9.15. The number of carbonyl (C=O) groups excluding carboxylic acids is 1. The van der Waals surface area contributed by atoms with Crippen molar-refractivity contribution in [1.82, 2.24) is 14.6 Å². The fourth-order valence-electron chi connectivity index (χ4n) is 2.14. The van der Waals surface area contributed by atoms with Crippen LogP contribution in [-0.2, 0) is 4.74 Å². The summed E-state index contributed by atoms with van der Waals surface area (Å²) in [6.07, 6.45) is 4.90. The maximum atomic E-state index is 11.8. The fraction of sp³-hybridized carbons (Fsp3) is 0.125. The van der Waals surface area contributed by atoms with Gasteiger partial charge in [-0.25, -0.2) is 14.3 Å². The van der Waals surface area contributed by atoms with Gasteiger partial charge in [0.2, 0.25) is 0 Å². The Morgan fingerprint density at radius 3 is 3.00 bits per heavy atom. The van der Waals surface area contributed by atoms with Gasteiger partial charge in [0.05, 0.1) is 18.4 Å². The number of benzene rings is 1. The first-order valence-electron chi connectivity index (χ1n) is 6.74. The number of aromatic nitrogens is 3. The molecule has 2 aromatic heterocycles. The van der Waals surface area contributed by atoms with Crippen molar-refractivity contribution in [3.8, 4) is 17.2 Å². The molecule has 0 fully saturated rings. The van der Waals surface area contributed by atoms with E-state index in [0.29, 0.717) is 23.4 Å². The lowest BCUT2D eigenvalue weighted by molar-refractivity contribution is 0.0526. The van der Waals surface area contributed by atoms with E-state index in [1.54, 1.807) is 42.0 Å². The van der Waals surface area contributed by atoms with Crippen molar-refractivity contribution in [2.24, 2.45) is 0 Å². The molecule has 108 valence electrons. The van der Waals surface area contributed by atoms with E-state index in [2.05, 4.69) is 10.1 Å². The summed E-state index contributed by atoms with van der Waals surface area (Å²) >= 11 is 0. The predicted molar refractivity (Wildman–Crippen MR) is 79.1 cm³/mol. The Balaban J connectivity index is 2.02. The van der Waals surface area contributed by atoms with Gasteiger partial charge in [-0.3, -0.25) is 0 Å². The van der Waals surface area contributed by atoms with Crippen molar-refractivity contribution in [2.75, 3.05) is 6.61 Å². The van der Waals surface area contributed by atoms with Crippen LogP contribution >= 0.6 is 0 Å². The highest BCUT2D eigenvalue weighted by molar-refractivity contribution is 5.91. The molecule has 0 aliphatic heterocycles. The third kappa shape index (κ3) is 2.40. The first-order valence-corrected chi connectivity index (χ1v) is 6.74. The summed E-state index contributed by atoms with van der Waals surface area (Å²) in [6.45, 7) is 2.10. The number of nitrogens with zero attached hydrogens (tertiary/aromatic N) is 4. The molecular weight excluding hydrogens is 280 g/mol. The van der Waals surface area contributed by atoms with E-state index < -0.39 is 0 Å². The lowest BCUT2D eigenvalue weighted by Gasteiger charge is -2.05. The van der Waals surface area contributed by atoms with Crippen LogP contribution in [0.25, 0.3) is 16.8 Å². The number of fused-ring (bicyclic) bond motifs is 1. The predicted octanol–water partition coefficient (Wildman–Crippen LogP) is 2.44. The van der Waals surface area contributed by atoms with Gasteiger partial charge in [-0.1, -0.05) is 12.1 Å². The molecule has 6 heteroatoms. The summed E-state index contributed by atoms with van der Waals surface area (Å²) in [5.41, 5.74) is 3.04. The van der Waals surface area contributed by atoms with Gasteiger partial charge in [0.25, 0.3) is 0 Å². The summed E-state index contributed by atoms with van der Waals surface area (Å²) < 4.78 is 6.55. The Labute approximate surface area is 126 Å². The van der Waals surface area contributed by atoms with Crippen molar-refractivity contribution in [3.63, 3.8) is 0 Å². The van der Waals surface area contributed by atoms with Gasteiger partial charge in [0.15, 0.2) is 5.65 Å². The number of nitriles is 1. The normalized spacial score (nSPS) is 10.4. The monoisotopic (exact) mass is 292 g/mol. The number of hydrogen-bond acceptors (Lipinski definition) is 5. The van der Waals surface area contributed by atoms with Crippen LogP contribution < -0.4 is 0 Å². The van der Waals surface area contributed by atoms with E-state index in [1.165, 1.54) is 6.20 Å². The molecule has 0 saturated heterocycles. The third-order valence-corrected chi connectivity index (χ3v) is 3.18. The highest BCUT2D eigenvalue weighted by Gasteiger charge is 2.10. The number of ether oxygens (including phenoxy) is 1. The van der Waals surface area contributed by atoms with Crippen LogP contribution in [0.1, 0.15) is 22.8 Å². The van der Waals surface area contributed by atoms with E-state index in [-0.39, 0.29) is 5.97 Å². The van der Waals surface area contributed by atoms with Crippen LogP contribution in [0, 0.1) is 11.3 Å². The van der Waals surface area contributed by atoms with Crippen LogP contribution in [0.3, 0.4) is 0 Å². The number of hydrogen-bond donors (Lipinski definition) is 0. The van der Waals surface area contributed by atoms with Gasteiger partial charge in [-0.15, -0.1) is 0 Å². The molecule has 3 rings (SSSR count). The topological polar surface area (TPSA) is 80.3 Å². The number of esters is 1. The Hall–Kier alpha value is -3.20. The summed E-state index contributed by atoms with van der Waals surface area (Å²) in [7, 11) is 0. The molecule has 0 amide bonds. The van der Waals surface area contributed by atoms with Crippen molar-refractivity contribution in [1.29, 1.82) is 5.26 Å². The molecule has 0 unspecified atom stereocenters. The number of rotatable bonds is 3. The van der Waals surface area contributed by atoms with Gasteiger partial charge in [-0.05, 0) is 24.6 Å². The third-order valence-electron chi connectivity index (χ3n) is 3.18. The van der Waals surface area contributed by atoms with Crippen molar-refractivity contribution in [2.45, 2.75) is 6.92 Å². The minimum Gasteiger partial charge on any atom is -0.462 e. The molecule has 0 aliphatic rings. The highest BCUT2D eigenvalue weighted by Crippen LogP contribution is 2.21. The molecule has 22 heavy (non-hydrogen) atoms. The molecule has 0 atom stereocenters. The molecule has 0 radical (unpaired) electrons. The zero-order valence-corrected chi connectivity index (χ0v) is 11.9. The first kappa shape index (κ1) is 13.8. The summed E-state index contributed by atoms with van der Waals surface area (Å²) in [4.78, 5) is 16.1. The molecular formula is C16H12N4O2. The molecule has 6 nitrogen and oxygen atoms in total. The second-order valence-corrected chi connectivity index (χ2v) is 4.58. The van der Waals surface area contributed by atoms with Gasteiger partial charge < -0.3 is 4.74 Å². The zero-order chi connectivity index (χ0) is 15.5. The van der Waals surface area contributed by atoms with Crippen LogP contribution in [-0.4, -0.2) is 27.2 Å². The Morgan fingerprint density at radius 2 is 2.23 bits per heavy atom. The second-order valence-electron chi connectivity index (χ2n) is 4.58. The Bertz CT molecular complexity index is 893. The van der Waals surface area contributed by atoms with Crippen molar-refractivity contribution < 1.29 is 9.53 Å². The van der Waals surface area contributed by atoms with Gasteiger partial charge in [0, 0.05) is 18.0 Å². The average molecular weight is 292 g/mol. The van der Waals surface area contributed by atoms with Gasteiger partial charge in [-0.2, -0.15) is 10.4 Å². The standard InChI is InChI=1S/C16H12N4O2/c1-2-22-16(21)12-5-3-4-11(6-12)14-8-18-15-13(7-17)9-19-20(15)10-14/h3-6,8-10H,2H2,1H3. The van der Waals surface area contributed by atoms with Crippen molar-refractivity contribution >= 4 is 11.6 Å². The molecule has 0 spiro atoms.